The maximum absolute atomic E-state index is 5.37. The van der Waals surface area contributed by atoms with Crippen molar-refractivity contribution in [3.8, 4) is 5.88 Å². The summed E-state index contributed by atoms with van der Waals surface area (Å²) in [4.78, 5) is 5.42. The van der Waals surface area contributed by atoms with Gasteiger partial charge in [0.15, 0.2) is 4.96 Å². The van der Waals surface area contributed by atoms with Crippen LogP contribution in [-0.2, 0) is 6.54 Å². The van der Waals surface area contributed by atoms with Crippen molar-refractivity contribution in [2.24, 2.45) is 0 Å². The molecular formula is C15H16BrN3OS. The number of fused-ring (bicyclic) bond motifs is 1. The van der Waals surface area contributed by atoms with E-state index in [2.05, 4.69) is 49.7 Å². The average Bonchev–Trinajstić information content (AvgIpc) is 3.05. The van der Waals surface area contributed by atoms with Gasteiger partial charge in [0, 0.05) is 28.6 Å². The van der Waals surface area contributed by atoms with Crippen LogP contribution in [0.4, 0.5) is 0 Å². The van der Waals surface area contributed by atoms with Gasteiger partial charge in [0.2, 0.25) is 5.88 Å². The molecule has 0 saturated carbocycles. The second-order valence-corrected chi connectivity index (χ2v) is 6.57. The topological polar surface area (TPSA) is 38.6 Å². The Balaban J connectivity index is 1.78. The van der Waals surface area contributed by atoms with Crippen molar-refractivity contribution in [3.63, 3.8) is 0 Å². The first-order chi connectivity index (χ1) is 10.2. The van der Waals surface area contributed by atoms with Crippen LogP contribution >= 0.6 is 27.3 Å². The van der Waals surface area contributed by atoms with Gasteiger partial charge in [0.25, 0.3) is 0 Å². The number of ether oxygens (including phenoxy) is 1. The van der Waals surface area contributed by atoms with Crippen LogP contribution in [0, 0.1) is 0 Å². The summed E-state index contributed by atoms with van der Waals surface area (Å²) < 4.78 is 8.54. The highest BCUT2D eigenvalue weighted by Crippen LogP contribution is 2.24. The summed E-state index contributed by atoms with van der Waals surface area (Å²) in [6.07, 6.45) is 2.02. The van der Waals surface area contributed by atoms with Gasteiger partial charge < -0.3 is 10.1 Å². The number of thiazole rings is 1. The summed E-state index contributed by atoms with van der Waals surface area (Å²) in [5.41, 5.74) is 2.30. The van der Waals surface area contributed by atoms with E-state index in [0.29, 0.717) is 12.4 Å². The highest BCUT2D eigenvalue weighted by molar-refractivity contribution is 9.10. The van der Waals surface area contributed by atoms with Crippen molar-refractivity contribution in [1.29, 1.82) is 0 Å². The maximum atomic E-state index is 5.37. The molecule has 1 N–H and O–H groups in total. The van der Waals surface area contributed by atoms with Crippen molar-refractivity contribution >= 4 is 32.2 Å². The Morgan fingerprint density at radius 3 is 3.10 bits per heavy atom. The van der Waals surface area contributed by atoms with E-state index >= 15 is 0 Å². The lowest BCUT2D eigenvalue weighted by molar-refractivity contribution is 0.391. The molecule has 3 aromatic rings. The molecule has 6 heteroatoms. The molecule has 0 unspecified atom stereocenters. The fourth-order valence-electron chi connectivity index (χ4n) is 2.28. The van der Waals surface area contributed by atoms with Crippen LogP contribution in [0.15, 0.2) is 40.3 Å². The van der Waals surface area contributed by atoms with Crippen molar-refractivity contribution in [3.05, 3.63) is 51.6 Å². The van der Waals surface area contributed by atoms with Gasteiger partial charge in [-0.2, -0.15) is 4.98 Å². The van der Waals surface area contributed by atoms with Crippen LogP contribution in [0.3, 0.4) is 0 Å². The number of imidazole rings is 1. The van der Waals surface area contributed by atoms with Crippen molar-refractivity contribution in [1.82, 2.24) is 14.7 Å². The summed E-state index contributed by atoms with van der Waals surface area (Å²) >= 11 is 5.12. The van der Waals surface area contributed by atoms with Crippen molar-refractivity contribution in [2.75, 3.05) is 7.11 Å². The van der Waals surface area contributed by atoms with Gasteiger partial charge in [-0.25, -0.2) is 0 Å². The molecule has 110 valence electrons. The SMILES string of the molecule is COc1nc2sccn2c1CN[C@H](C)c1cccc(Br)c1. The largest absolute Gasteiger partial charge is 0.480 e. The Morgan fingerprint density at radius 2 is 2.33 bits per heavy atom. The molecule has 0 radical (unpaired) electrons. The van der Waals surface area contributed by atoms with Crippen LogP contribution in [0.2, 0.25) is 0 Å². The minimum Gasteiger partial charge on any atom is -0.480 e. The van der Waals surface area contributed by atoms with E-state index in [9.17, 15) is 0 Å². The number of methoxy groups -OCH3 is 1. The molecule has 0 spiro atoms. The number of halogens is 1. The summed E-state index contributed by atoms with van der Waals surface area (Å²) in [5, 5.41) is 5.56. The predicted octanol–water partition coefficient (Wildman–Crippen LogP) is 4.02. The minimum atomic E-state index is 0.247. The van der Waals surface area contributed by atoms with Crippen molar-refractivity contribution in [2.45, 2.75) is 19.5 Å². The molecule has 2 heterocycles. The molecule has 3 rings (SSSR count). The molecule has 0 bridgehead atoms. The third kappa shape index (κ3) is 2.97. The molecule has 1 atom stereocenters. The summed E-state index contributed by atoms with van der Waals surface area (Å²) in [7, 11) is 1.66. The zero-order chi connectivity index (χ0) is 14.8. The molecule has 0 aliphatic carbocycles. The molecule has 0 fully saturated rings. The third-order valence-corrected chi connectivity index (χ3v) is 4.69. The Hall–Kier alpha value is -1.37. The van der Waals surface area contributed by atoms with Crippen LogP contribution < -0.4 is 10.1 Å². The van der Waals surface area contributed by atoms with E-state index in [4.69, 9.17) is 4.74 Å². The smallest absolute Gasteiger partial charge is 0.237 e. The number of hydrogen-bond acceptors (Lipinski definition) is 4. The minimum absolute atomic E-state index is 0.247. The second-order valence-electron chi connectivity index (χ2n) is 4.78. The number of nitrogens with zero attached hydrogens (tertiary/aromatic N) is 2. The van der Waals surface area contributed by atoms with E-state index in [1.807, 2.05) is 23.7 Å². The van der Waals surface area contributed by atoms with E-state index in [1.54, 1.807) is 18.4 Å². The fraction of sp³-hybridized carbons (Fsp3) is 0.267. The lowest BCUT2D eigenvalue weighted by atomic mass is 10.1. The Bertz CT molecular complexity index is 752. The number of benzene rings is 1. The summed E-state index contributed by atoms with van der Waals surface area (Å²) in [6.45, 7) is 2.86. The van der Waals surface area contributed by atoms with Gasteiger partial charge in [-0.3, -0.25) is 4.40 Å². The Kier molecular flexibility index (Phi) is 4.28. The molecule has 0 saturated heterocycles. The highest BCUT2D eigenvalue weighted by atomic mass is 79.9. The zero-order valence-corrected chi connectivity index (χ0v) is 14.2. The lowest BCUT2D eigenvalue weighted by Crippen LogP contribution is -2.19. The van der Waals surface area contributed by atoms with Gasteiger partial charge in [0.1, 0.15) is 5.69 Å². The van der Waals surface area contributed by atoms with E-state index in [0.717, 1.165) is 15.1 Å². The number of hydrogen-bond donors (Lipinski definition) is 1. The molecule has 0 amide bonds. The van der Waals surface area contributed by atoms with Crippen molar-refractivity contribution < 1.29 is 4.74 Å². The van der Waals surface area contributed by atoms with Gasteiger partial charge in [-0.05, 0) is 24.6 Å². The monoisotopic (exact) mass is 365 g/mol. The number of rotatable bonds is 5. The predicted molar refractivity (Wildman–Crippen MR) is 89.0 cm³/mol. The quantitative estimate of drug-likeness (QED) is 0.741. The first-order valence-corrected chi connectivity index (χ1v) is 8.33. The van der Waals surface area contributed by atoms with Crippen LogP contribution in [-0.4, -0.2) is 16.5 Å². The summed E-state index contributed by atoms with van der Waals surface area (Å²) in [5.74, 6) is 0.691. The average molecular weight is 366 g/mol. The lowest BCUT2D eigenvalue weighted by Gasteiger charge is -2.14. The molecule has 1 aromatic carbocycles. The van der Waals surface area contributed by atoms with E-state index in [-0.39, 0.29) is 6.04 Å². The Morgan fingerprint density at radius 1 is 1.48 bits per heavy atom. The molecule has 4 nitrogen and oxygen atoms in total. The van der Waals surface area contributed by atoms with Crippen LogP contribution in [0.25, 0.3) is 4.96 Å². The molecular weight excluding hydrogens is 350 g/mol. The van der Waals surface area contributed by atoms with Crippen LogP contribution in [0.5, 0.6) is 5.88 Å². The Labute approximate surface area is 135 Å². The second kappa shape index (κ2) is 6.17. The molecule has 0 aliphatic heterocycles. The van der Waals surface area contributed by atoms with Crippen LogP contribution in [0.1, 0.15) is 24.2 Å². The van der Waals surface area contributed by atoms with Gasteiger partial charge in [-0.15, -0.1) is 11.3 Å². The summed E-state index contributed by atoms with van der Waals surface area (Å²) in [6, 6.07) is 8.58. The first kappa shape index (κ1) is 14.6. The number of aromatic nitrogens is 2. The number of nitrogens with one attached hydrogen (secondary N) is 1. The van der Waals surface area contributed by atoms with E-state index in [1.165, 1.54) is 5.56 Å². The van der Waals surface area contributed by atoms with Gasteiger partial charge in [-0.1, -0.05) is 28.1 Å². The normalized spacial score (nSPS) is 12.7. The molecule has 2 aromatic heterocycles. The maximum Gasteiger partial charge on any atom is 0.237 e. The van der Waals surface area contributed by atoms with E-state index < -0.39 is 0 Å². The third-order valence-electron chi connectivity index (χ3n) is 3.44. The van der Waals surface area contributed by atoms with Gasteiger partial charge in [0.05, 0.1) is 7.11 Å². The molecule has 21 heavy (non-hydrogen) atoms. The first-order valence-electron chi connectivity index (χ1n) is 6.66. The highest BCUT2D eigenvalue weighted by Gasteiger charge is 2.14. The van der Waals surface area contributed by atoms with Gasteiger partial charge >= 0.3 is 0 Å². The zero-order valence-electron chi connectivity index (χ0n) is 11.8. The molecule has 0 aliphatic rings. The fourth-order valence-corrected chi connectivity index (χ4v) is 3.42. The standard InChI is InChI=1S/C15H16BrN3OS/c1-10(11-4-3-5-12(16)8-11)17-9-13-14(20-2)18-15-19(13)6-7-21-15/h3-8,10,17H,9H2,1-2H3/t10-/m1/s1.